The number of rotatable bonds is 6. The lowest BCUT2D eigenvalue weighted by molar-refractivity contribution is -0.147. The minimum absolute atomic E-state index is 0.101. The van der Waals surface area contributed by atoms with E-state index in [9.17, 15) is 18.4 Å². The number of ether oxygens (including phenoxy) is 1. The summed E-state index contributed by atoms with van der Waals surface area (Å²) in [5.74, 6) is -2.49. The van der Waals surface area contributed by atoms with Gasteiger partial charge in [-0.3, -0.25) is 9.59 Å². The quantitative estimate of drug-likeness (QED) is 0.830. The minimum Gasteiger partial charge on any atom is -0.455 e. The topological polar surface area (TPSA) is 55.4 Å². The Balaban J connectivity index is 1.72. The summed E-state index contributed by atoms with van der Waals surface area (Å²) in [6.45, 7) is -0.543. The van der Waals surface area contributed by atoms with E-state index in [1.807, 2.05) is 10.8 Å². The molecule has 2 rings (SSSR count). The van der Waals surface area contributed by atoms with Crippen LogP contribution in [0.25, 0.3) is 0 Å². The number of hydrogen-bond donors (Lipinski definition) is 1. The average Bonchev–Trinajstić information content (AvgIpc) is 2.97. The van der Waals surface area contributed by atoms with Crippen LogP contribution in [0.3, 0.4) is 0 Å². The van der Waals surface area contributed by atoms with E-state index in [2.05, 4.69) is 5.32 Å². The van der Waals surface area contributed by atoms with Gasteiger partial charge in [-0.2, -0.15) is 11.3 Å². The molecule has 1 aromatic carbocycles. The molecule has 1 N–H and O–H groups in total. The fraction of sp³-hybridized carbons (Fsp3) is 0.200. The van der Waals surface area contributed by atoms with Crippen LogP contribution in [-0.4, -0.2) is 18.5 Å². The summed E-state index contributed by atoms with van der Waals surface area (Å²) >= 11 is 1.46. The molecule has 0 fully saturated rings. The predicted octanol–water partition coefficient (Wildman–Crippen LogP) is 2.43. The monoisotopic (exact) mass is 325 g/mol. The van der Waals surface area contributed by atoms with Gasteiger partial charge in [0.15, 0.2) is 6.61 Å². The highest BCUT2D eigenvalue weighted by Crippen LogP contribution is 2.09. The molecule has 7 heteroatoms. The third-order valence-corrected chi connectivity index (χ3v) is 3.52. The second-order valence-corrected chi connectivity index (χ2v) is 5.26. The van der Waals surface area contributed by atoms with Crippen molar-refractivity contribution in [1.29, 1.82) is 0 Å². The number of amides is 1. The van der Waals surface area contributed by atoms with Gasteiger partial charge in [-0.1, -0.05) is 6.07 Å². The molecule has 0 aliphatic rings. The van der Waals surface area contributed by atoms with E-state index in [0.29, 0.717) is 0 Å². The van der Waals surface area contributed by atoms with Crippen molar-refractivity contribution in [2.45, 2.75) is 13.0 Å². The lowest BCUT2D eigenvalue weighted by Crippen LogP contribution is -2.29. The summed E-state index contributed by atoms with van der Waals surface area (Å²) in [6.07, 6.45) is 0.101. The third kappa shape index (κ3) is 4.92. The minimum atomic E-state index is -0.741. The SMILES string of the molecule is O=C(COC(=O)Cc1ccsc1)NCc1ccc(F)cc1F. The van der Waals surface area contributed by atoms with Crippen molar-refractivity contribution in [3.05, 3.63) is 57.8 Å². The summed E-state index contributed by atoms with van der Waals surface area (Å²) in [5.41, 5.74) is 0.975. The summed E-state index contributed by atoms with van der Waals surface area (Å²) in [7, 11) is 0. The van der Waals surface area contributed by atoms with E-state index in [0.717, 1.165) is 17.7 Å². The van der Waals surface area contributed by atoms with Crippen LogP contribution in [0.5, 0.6) is 0 Å². The number of halogens is 2. The zero-order valence-electron chi connectivity index (χ0n) is 11.5. The van der Waals surface area contributed by atoms with Gasteiger partial charge in [0.1, 0.15) is 11.6 Å². The van der Waals surface area contributed by atoms with Crippen LogP contribution in [0.15, 0.2) is 35.0 Å². The molecule has 22 heavy (non-hydrogen) atoms. The van der Waals surface area contributed by atoms with Crippen molar-refractivity contribution in [3.63, 3.8) is 0 Å². The zero-order chi connectivity index (χ0) is 15.9. The molecule has 1 heterocycles. The molecule has 116 valence electrons. The van der Waals surface area contributed by atoms with Gasteiger partial charge >= 0.3 is 5.97 Å². The van der Waals surface area contributed by atoms with Crippen molar-refractivity contribution < 1.29 is 23.1 Å². The van der Waals surface area contributed by atoms with Crippen molar-refractivity contribution in [3.8, 4) is 0 Å². The molecule has 0 spiro atoms. The van der Waals surface area contributed by atoms with Crippen molar-refractivity contribution >= 4 is 23.2 Å². The Hall–Kier alpha value is -2.28. The van der Waals surface area contributed by atoms with Crippen LogP contribution in [0.2, 0.25) is 0 Å². The first kappa shape index (κ1) is 16.1. The lowest BCUT2D eigenvalue weighted by Gasteiger charge is -2.07. The van der Waals surface area contributed by atoms with Crippen molar-refractivity contribution in [2.75, 3.05) is 6.61 Å². The van der Waals surface area contributed by atoms with Crippen LogP contribution in [-0.2, 0) is 27.3 Å². The summed E-state index contributed by atoms with van der Waals surface area (Å²) in [6, 6.07) is 4.88. The molecule has 0 radical (unpaired) electrons. The Morgan fingerprint density at radius 1 is 1.23 bits per heavy atom. The first-order chi connectivity index (χ1) is 10.5. The molecule has 0 unspecified atom stereocenters. The van der Waals surface area contributed by atoms with Crippen LogP contribution in [0, 0.1) is 11.6 Å². The van der Waals surface area contributed by atoms with Gasteiger partial charge in [0, 0.05) is 18.2 Å². The van der Waals surface area contributed by atoms with Crippen LogP contribution in [0.1, 0.15) is 11.1 Å². The second-order valence-electron chi connectivity index (χ2n) is 4.48. The highest BCUT2D eigenvalue weighted by molar-refractivity contribution is 7.07. The van der Waals surface area contributed by atoms with Crippen LogP contribution >= 0.6 is 11.3 Å². The van der Waals surface area contributed by atoms with Gasteiger partial charge in [0.05, 0.1) is 6.42 Å². The number of carbonyl (C=O) groups is 2. The first-order valence-electron chi connectivity index (χ1n) is 6.42. The molecule has 1 aromatic heterocycles. The maximum atomic E-state index is 13.4. The van der Waals surface area contributed by atoms with E-state index < -0.39 is 30.1 Å². The van der Waals surface area contributed by atoms with E-state index in [4.69, 9.17) is 4.74 Å². The fourth-order valence-electron chi connectivity index (χ4n) is 1.67. The van der Waals surface area contributed by atoms with Gasteiger partial charge in [-0.25, -0.2) is 8.78 Å². The van der Waals surface area contributed by atoms with Gasteiger partial charge < -0.3 is 10.1 Å². The van der Waals surface area contributed by atoms with Gasteiger partial charge in [-0.05, 0) is 28.5 Å². The smallest absolute Gasteiger partial charge is 0.310 e. The number of hydrogen-bond acceptors (Lipinski definition) is 4. The summed E-state index contributed by atoms with van der Waals surface area (Å²) in [5, 5.41) is 6.05. The predicted molar refractivity (Wildman–Crippen MR) is 77.2 cm³/mol. The zero-order valence-corrected chi connectivity index (χ0v) is 12.3. The molecular formula is C15H13F2NO3S. The third-order valence-electron chi connectivity index (χ3n) is 2.78. The summed E-state index contributed by atoms with van der Waals surface area (Å²) < 4.78 is 30.9. The fourth-order valence-corrected chi connectivity index (χ4v) is 2.34. The van der Waals surface area contributed by atoms with Crippen LogP contribution in [0.4, 0.5) is 8.78 Å². The Bertz CT molecular complexity index is 659. The Morgan fingerprint density at radius 3 is 2.73 bits per heavy atom. The normalized spacial score (nSPS) is 10.3. The van der Waals surface area contributed by atoms with Gasteiger partial charge in [-0.15, -0.1) is 0 Å². The maximum Gasteiger partial charge on any atom is 0.310 e. The number of thiophene rings is 1. The Morgan fingerprint density at radius 2 is 2.05 bits per heavy atom. The molecule has 1 amide bonds. The number of esters is 1. The largest absolute Gasteiger partial charge is 0.455 e. The molecule has 2 aromatic rings. The van der Waals surface area contributed by atoms with E-state index in [1.54, 1.807) is 6.07 Å². The molecule has 0 atom stereocenters. The molecule has 4 nitrogen and oxygen atoms in total. The van der Waals surface area contributed by atoms with E-state index in [1.165, 1.54) is 17.4 Å². The molecule has 0 saturated heterocycles. The standard InChI is InChI=1S/C15H13F2NO3S/c16-12-2-1-11(13(17)6-12)7-18-14(19)8-21-15(20)5-10-3-4-22-9-10/h1-4,6,9H,5,7-8H2,(H,18,19). The number of carbonyl (C=O) groups excluding carboxylic acids is 2. The van der Waals surface area contributed by atoms with E-state index in [-0.39, 0.29) is 18.5 Å². The molecular weight excluding hydrogens is 312 g/mol. The second kappa shape index (κ2) is 7.65. The van der Waals surface area contributed by atoms with Crippen molar-refractivity contribution in [2.24, 2.45) is 0 Å². The van der Waals surface area contributed by atoms with E-state index >= 15 is 0 Å². The lowest BCUT2D eigenvalue weighted by atomic mass is 10.2. The van der Waals surface area contributed by atoms with Gasteiger partial charge in [0.25, 0.3) is 5.91 Å². The molecule has 0 bridgehead atoms. The van der Waals surface area contributed by atoms with Crippen LogP contribution < -0.4 is 5.32 Å². The average molecular weight is 325 g/mol. The highest BCUT2D eigenvalue weighted by Gasteiger charge is 2.10. The number of nitrogens with one attached hydrogen (secondary N) is 1. The Kier molecular flexibility index (Phi) is 5.60. The highest BCUT2D eigenvalue weighted by atomic mass is 32.1. The molecule has 0 saturated carbocycles. The molecule has 0 aliphatic carbocycles. The summed E-state index contributed by atoms with van der Waals surface area (Å²) in [4.78, 5) is 23.0. The molecule has 0 aliphatic heterocycles. The first-order valence-corrected chi connectivity index (χ1v) is 7.36. The maximum absolute atomic E-state index is 13.4. The number of benzene rings is 1. The Labute approximate surface area is 129 Å². The van der Waals surface area contributed by atoms with Gasteiger partial charge in [0.2, 0.25) is 0 Å². The van der Waals surface area contributed by atoms with Crippen molar-refractivity contribution in [1.82, 2.24) is 5.32 Å².